The van der Waals surface area contributed by atoms with E-state index in [-0.39, 0.29) is 0 Å². The minimum absolute atomic E-state index is 0.362. The van der Waals surface area contributed by atoms with Gasteiger partial charge in [-0.25, -0.2) is 0 Å². The molecule has 0 fully saturated rings. The number of halogens is 2. The minimum atomic E-state index is -1.10. The molecule has 0 aliphatic rings. The van der Waals surface area contributed by atoms with Crippen molar-refractivity contribution in [1.82, 2.24) is 0 Å². The third-order valence-corrected chi connectivity index (χ3v) is 3.80. The van der Waals surface area contributed by atoms with Gasteiger partial charge >= 0.3 is 0 Å². The average molecular weight is 311 g/mol. The van der Waals surface area contributed by atoms with E-state index in [2.05, 4.69) is 0 Å². The van der Waals surface area contributed by atoms with Crippen LogP contribution in [-0.2, 0) is 12.0 Å². The van der Waals surface area contributed by atoms with Gasteiger partial charge in [-0.2, -0.15) is 0 Å². The van der Waals surface area contributed by atoms with Crippen LogP contribution >= 0.6 is 23.2 Å². The fourth-order valence-electron chi connectivity index (χ4n) is 2.25. The Balaban J connectivity index is 2.38. The molecule has 4 heteroatoms. The average Bonchev–Trinajstić information content (AvgIpc) is 2.39. The number of benzene rings is 2. The first-order chi connectivity index (χ1) is 9.44. The summed E-state index contributed by atoms with van der Waals surface area (Å²) in [5.74, 6) is 0.696. The molecule has 20 heavy (non-hydrogen) atoms. The zero-order valence-electron chi connectivity index (χ0n) is 11.4. The Morgan fingerprint density at radius 1 is 1.15 bits per heavy atom. The summed E-state index contributed by atoms with van der Waals surface area (Å²) in [6.07, 6.45) is 0.362. The van der Waals surface area contributed by atoms with Crippen molar-refractivity contribution >= 4 is 23.2 Å². The van der Waals surface area contributed by atoms with Gasteiger partial charge in [0.15, 0.2) is 0 Å². The highest BCUT2D eigenvalue weighted by atomic mass is 35.5. The molecule has 0 saturated carbocycles. The molecule has 106 valence electrons. The lowest BCUT2D eigenvalue weighted by atomic mass is 9.88. The van der Waals surface area contributed by atoms with Gasteiger partial charge in [0, 0.05) is 22.0 Å². The van der Waals surface area contributed by atoms with Gasteiger partial charge in [-0.15, -0.1) is 0 Å². The maximum absolute atomic E-state index is 10.7. The van der Waals surface area contributed by atoms with E-state index in [1.54, 1.807) is 38.3 Å². The van der Waals surface area contributed by atoms with Crippen molar-refractivity contribution < 1.29 is 9.84 Å². The zero-order valence-corrected chi connectivity index (χ0v) is 12.9. The SMILES string of the molecule is COc1ccc(Cl)cc1CC(C)(O)c1ccccc1Cl. The van der Waals surface area contributed by atoms with Gasteiger partial charge in [-0.05, 0) is 36.8 Å². The van der Waals surface area contributed by atoms with E-state index in [9.17, 15) is 5.11 Å². The molecule has 0 spiro atoms. The molecule has 1 N–H and O–H groups in total. The summed E-state index contributed by atoms with van der Waals surface area (Å²) in [5, 5.41) is 11.9. The monoisotopic (exact) mass is 310 g/mol. The number of methoxy groups -OCH3 is 1. The van der Waals surface area contributed by atoms with E-state index in [0.717, 1.165) is 5.56 Å². The normalized spacial score (nSPS) is 13.8. The van der Waals surface area contributed by atoms with Crippen molar-refractivity contribution in [1.29, 1.82) is 0 Å². The lowest BCUT2D eigenvalue weighted by Crippen LogP contribution is -2.25. The van der Waals surface area contributed by atoms with Crippen LogP contribution in [0.15, 0.2) is 42.5 Å². The first kappa shape index (κ1) is 15.2. The van der Waals surface area contributed by atoms with E-state index in [1.165, 1.54) is 0 Å². The third kappa shape index (κ3) is 3.26. The molecule has 2 rings (SSSR count). The molecule has 0 saturated heterocycles. The van der Waals surface area contributed by atoms with Gasteiger partial charge in [-0.3, -0.25) is 0 Å². The molecule has 0 aliphatic carbocycles. The molecule has 0 heterocycles. The van der Waals surface area contributed by atoms with E-state index < -0.39 is 5.60 Å². The standard InChI is InChI=1S/C16H16Cl2O2/c1-16(19,13-5-3-4-6-14(13)18)10-11-9-12(17)7-8-15(11)20-2/h3-9,19H,10H2,1-2H3. The first-order valence-corrected chi connectivity index (χ1v) is 6.99. The summed E-state index contributed by atoms with van der Waals surface area (Å²) in [5.41, 5.74) is 0.421. The van der Waals surface area contributed by atoms with Crippen LogP contribution in [-0.4, -0.2) is 12.2 Å². The number of rotatable bonds is 4. The highest BCUT2D eigenvalue weighted by Gasteiger charge is 2.27. The Morgan fingerprint density at radius 3 is 2.50 bits per heavy atom. The Kier molecular flexibility index (Phi) is 4.59. The van der Waals surface area contributed by atoms with Crippen molar-refractivity contribution in [2.75, 3.05) is 7.11 Å². The van der Waals surface area contributed by atoms with Crippen LogP contribution in [0.5, 0.6) is 5.75 Å². The summed E-state index contributed by atoms with van der Waals surface area (Å²) in [6.45, 7) is 1.73. The van der Waals surface area contributed by atoms with Crippen LogP contribution < -0.4 is 4.74 Å². The van der Waals surface area contributed by atoms with Gasteiger partial charge in [0.05, 0.1) is 12.7 Å². The zero-order chi connectivity index (χ0) is 14.8. The van der Waals surface area contributed by atoms with Crippen LogP contribution in [0.4, 0.5) is 0 Å². The maximum Gasteiger partial charge on any atom is 0.122 e. The molecular formula is C16H16Cl2O2. The molecule has 0 radical (unpaired) electrons. The van der Waals surface area contributed by atoms with Crippen LogP contribution in [0.2, 0.25) is 10.0 Å². The number of hydrogen-bond donors (Lipinski definition) is 1. The summed E-state index contributed by atoms with van der Waals surface area (Å²) < 4.78 is 5.31. The Hall–Kier alpha value is -1.22. The quantitative estimate of drug-likeness (QED) is 0.904. The fourth-order valence-corrected chi connectivity index (χ4v) is 2.78. The number of aliphatic hydroxyl groups is 1. The van der Waals surface area contributed by atoms with Crippen LogP contribution in [0, 0.1) is 0 Å². The largest absolute Gasteiger partial charge is 0.496 e. The van der Waals surface area contributed by atoms with Crippen molar-refractivity contribution in [2.45, 2.75) is 18.9 Å². The highest BCUT2D eigenvalue weighted by molar-refractivity contribution is 6.31. The van der Waals surface area contributed by atoms with Gasteiger partial charge < -0.3 is 9.84 Å². The van der Waals surface area contributed by atoms with Gasteiger partial charge in [0.2, 0.25) is 0 Å². The first-order valence-electron chi connectivity index (χ1n) is 6.24. The third-order valence-electron chi connectivity index (χ3n) is 3.23. The van der Waals surface area contributed by atoms with Crippen molar-refractivity contribution in [2.24, 2.45) is 0 Å². The molecule has 1 atom stereocenters. The Labute approximate surface area is 128 Å². The lowest BCUT2D eigenvalue weighted by Gasteiger charge is -2.26. The molecule has 2 nitrogen and oxygen atoms in total. The molecule has 0 bridgehead atoms. The van der Waals surface area contributed by atoms with Crippen LogP contribution in [0.1, 0.15) is 18.1 Å². The molecular weight excluding hydrogens is 295 g/mol. The predicted molar refractivity (Wildman–Crippen MR) is 82.7 cm³/mol. The molecule has 2 aromatic carbocycles. The maximum atomic E-state index is 10.7. The smallest absolute Gasteiger partial charge is 0.122 e. The van der Waals surface area contributed by atoms with E-state index in [1.807, 2.05) is 18.2 Å². The summed E-state index contributed by atoms with van der Waals surface area (Å²) >= 11 is 12.2. The topological polar surface area (TPSA) is 29.5 Å². The van der Waals surface area contributed by atoms with Gasteiger partial charge in [0.1, 0.15) is 5.75 Å². The second kappa shape index (κ2) is 6.04. The van der Waals surface area contributed by atoms with Gasteiger partial charge in [-0.1, -0.05) is 41.4 Å². The second-order valence-corrected chi connectivity index (χ2v) is 5.73. The molecule has 0 aromatic heterocycles. The van der Waals surface area contributed by atoms with E-state index in [4.69, 9.17) is 27.9 Å². The Morgan fingerprint density at radius 2 is 1.85 bits per heavy atom. The van der Waals surface area contributed by atoms with Crippen LogP contribution in [0.25, 0.3) is 0 Å². The van der Waals surface area contributed by atoms with Crippen molar-refractivity contribution in [3.63, 3.8) is 0 Å². The van der Waals surface area contributed by atoms with Gasteiger partial charge in [0.25, 0.3) is 0 Å². The summed E-state index contributed by atoms with van der Waals surface area (Å²) in [7, 11) is 1.59. The van der Waals surface area contributed by atoms with Crippen molar-refractivity contribution in [3.05, 3.63) is 63.6 Å². The lowest BCUT2D eigenvalue weighted by molar-refractivity contribution is 0.0571. The van der Waals surface area contributed by atoms with E-state index in [0.29, 0.717) is 27.8 Å². The van der Waals surface area contributed by atoms with E-state index >= 15 is 0 Å². The molecule has 0 aliphatic heterocycles. The Bertz CT molecular complexity index is 609. The fraction of sp³-hybridized carbons (Fsp3) is 0.250. The molecule has 0 amide bonds. The predicted octanol–water partition coefficient (Wildman–Crippen LogP) is 4.45. The molecule has 1 unspecified atom stereocenters. The van der Waals surface area contributed by atoms with Crippen LogP contribution in [0.3, 0.4) is 0 Å². The second-order valence-electron chi connectivity index (χ2n) is 4.89. The minimum Gasteiger partial charge on any atom is -0.496 e. The van der Waals surface area contributed by atoms with Crippen molar-refractivity contribution in [3.8, 4) is 5.75 Å². The summed E-state index contributed by atoms with van der Waals surface area (Å²) in [6, 6.07) is 12.6. The summed E-state index contributed by atoms with van der Waals surface area (Å²) in [4.78, 5) is 0. The number of ether oxygens (including phenoxy) is 1. The number of hydrogen-bond acceptors (Lipinski definition) is 2. The highest BCUT2D eigenvalue weighted by Crippen LogP contribution is 2.34. The molecule has 2 aromatic rings.